The molecule has 3 nitrogen and oxygen atoms in total. The average Bonchev–Trinajstić information content (AvgIpc) is 2.65. The molecule has 1 heterocycles. The van der Waals surface area contributed by atoms with Crippen LogP contribution < -0.4 is 0 Å². The molecule has 82 valence electrons. The number of carbonyl (C=O) groups is 1. The summed E-state index contributed by atoms with van der Waals surface area (Å²) in [6.07, 6.45) is 4.29. The molecule has 0 aliphatic carbocycles. The Morgan fingerprint density at radius 1 is 1.50 bits per heavy atom. The van der Waals surface area contributed by atoms with Gasteiger partial charge in [0.1, 0.15) is 0 Å². The minimum absolute atomic E-state index is 0.0681. The number of carbonyl (C=O) groups excluding carboxylic acids is 1. The first-order chi connectivity index (χ1) is 6.79. The molecule has 1 fully saturated rings. The lowest BCUT2D eigenvalue weighted by molar-refractivity contribution is -0.132. The van der Waals surface area contributed by atoms with E-state index in [1.165, 1.54) is 0 Å². The molecule has 0 aromatic heterocycles. The highest BCUT2D eigenvalue weighted by Crippen LogP contribution is 2.18. The first-order valence-corrected chi connectivity index (χ1v) is 5.79. The molecule has 1 saturated heterocycles. The monoisotopic (exact) mass is 219 g/mol. The molecule has 0 radical (unpaired) electrons. The number of nitrogens with zero attached hydrogens (tertiary/aromatic N) is 1. The number of likely N-dealkylation sites (tertiary alicyclic amines) is 1. The van der Waals surface area contributed by atoms with E-state index >= 15 is 0 Å². The van der Waals surface area contributed by atoms with E-state index in [-0.39, 0.29) is 18.6 Å². The maximum absolute atomic E-state index is 11.7. The number of halogens is 1. The SMILES string of the molecule is O=C(CCCCCl)N1CCC[C@@H]1CO. The summed E-state index contributed by atoms with van der Waals surface area (Å²) in [5.74, 6) is 0.795. The molecule has 0 aromatic rings. The van der Waals surface area contributed by atoms with Crippen molar-refractivity contribution in [3.8, 4) is 0 Å². The summed E-state index contributed by atoms with van der Waals surface area (Å²) < 4.78 is 0. The number of rotatable bonds is 5. The summed E-state index contributed by atoms with van der Waals surface area (Å²) in [7, 11) is 0. The number of aliphatic hydroxyl groups is 1. The lowest BCUT2D eigenvalue weighted by Crippen LogP contribution is -2.37. The Morgan fingerprint density at radius 2 is 2.29 bits per heavy atom. The van der Waals surface area contributed by atoms with Crippen molar-refractivity contribution in [2.45, 2.75) is 38.1 Å². The van der Waals surface area contributed by atoms with Crippen molar-refractivity contribution in [1.82, 2.24) is 4.90 Å². The Hall–Kier alpha value is -0.280. The van der Waals surface area contributed by atoms with Gasteiger partial charge in [-0.1, -0.05) is 0 Å². The van der Waals surface area contributed by atoms with Crippen LogP contribution in [0.4, 0.5) is 0 Å². The van der Waals surface area contributed by atoms with E-state index in [0.717, 1.165) is 32.2 Å². The molecular formula is C10H18ClNO2. The van der Waals surface area contributed by atoms with E-state index < -0.39 is 0 Å². The van der Waals surface area contributed by atoms with E-state index in [4.69, 9.17) is 16.7 Å². The molecule has 1 rings (SSSR count). The predicted molar refractivity (Wildman–Crippen MR) is 56.4 cm³/mol. The van der Waals surface area contributed by atoms with Crippen molar-refractivity contribution >= 4 is 17.5 Å². The van der Waals surface area contributed by atoms with Gasteiger partial charge in [-0.25, -0.2) is 0 Å². The maximum Gasteiger partial charge on any atom is 0.222 e. The molecule has 1 aliphatic rings. The second-order valence-corrected chi connectivity index (χ2v) is 4.09. The maximum atomic E-state index is 11.7. The standard InChI is InChI=1S/C10H18ClNO2/c11-6-2-1-5-10(14)12-7-3-4-9(12)8-13/h9,13H,1-8H2/t9-/m1/s1. The Kier molecular flexibility index (Phi) is 5.26. The Morgan fingerprint density at radius 3 is 2.93 bits per heavy atom. The largest absolute Gasteiger partial charge is 0.394 e. The van der Waals surface area contributed by atoms with Crippen molar-refractivity contribution in [2.75, 3.05) is 19.0 Å². The van der Waals surface area contributed by atoms with Crippen molar-refractivity contribution in [3.63, 3.8) is 0 Å². The Bertz CT molecular complexity index is 187. The number of hydrogen-bond donors (Lipinski definition) is 1. The molecule has 0 aromatic carbocycles. The highest BCUT2D eigenvalue weighted by molar-refractivity contribution is 6.17. The lowest BCUT2D eigenvalue weighted by atomic mass is 10.2. The van der Waals surface area contributed by atoms with Gasteiger partial charge in [0.05, 0.1) is 12.6 Å². The lowest BCUT2D eigenvalue weighted by Gasteiger charge is -2.22. The van der Waals surface area contributed by atoms with Crippen LogP contribution in [0.2, 0.25) is 0 Å². The second kappa shape index (κ2) is 6.25. The van der Waals surface area contributed by atoms with E-state index in [0.29, 0.717) is 12.3 Å². The third kappa shape index (κ3) is 3.14. The summed E-state index contributed by atoms with van der Waals surface area (Å²) in [5.41, 5.74) is 0. The van der Waals surface area contributed by atoms with Gasteiger partial charge in [-0.15, -0.1) is 11.6 Å². The van der Waals surface area contributed by atoms with Crippen molar-refractivity contribution < 1.29 is 9.90 Å². The van der Waals surface area contributed by atoms with Gasteiger partial charge >= 0.3 is 0 Å². The minimum atomic E-state index is 0.0681. The van der Waals surface area contributed by atoms with Gasteiger partial charge in [0.15, 0.2) is 0 Å². The van der Waals surface area contributed by atoms with Gasteiger partial charge in [0.2, 0.25) is 5.91 Å². The number of unbranched alkanes of at least 4 members (excludes halogenated alkanes) is 1. The molecule has 0 spiro atoms. The molecule has 0 bridgehead atoms. The quantitative estimate of drug-likeness (QED) is 0.561. The van der Waals surface area contributed by atoms with Gasteiger partial charge in [-0.3, -0.25) is 4.79 Å². The Labute approximate surface area is 90.0 Å². The average molecular weight is 220 g/mol. The molecule has 1 N–H and O–H groups in total. The van der Waals surface area contributed by atoms with Crippen molar-refractivity contribution in [2.24, 2.45) is 0 Å². The summed E-state index contributed by atoms with van der Waals surface area (Å²) in [4.78, 5) is 13.5. The summed E-state index contributed by atoms with van der Waals surface area (Å²) in [5, 5.41) is 9.04. The van der Waals surface area contributed by atoms with E-state index in [1.807, 2.05) is 4.90 Å². The molecule has 0 unspecified atom stereocenters. The van der Waals surface area contributed by atoms with Gasteiger partial charge in [0, 0.05) is 18.8 Å². The van der Waals surface area contributed by atoms with Crippen LogP contribution in [-0.2, 0) is 4.79 Å². The van der Waals surface area contributed by atoms with E-state index in [9.17, 15) is 4.79 Å². The normalized spacial score (nSPS) is 21.6. The smallest absolute Gasteiger partial charge is 0.222 e. The number of amides is 1. The third-order valence-corrected chi connectivity index (χ3v) is 2.95. The molecule has 14 heavy (non-hydrogen) atoms. The van der Waals surface area contributed by atoms with Gasteiger partial charge in [0.25, 0.3) is 0 Å². The van der Waals surface area contributed by atoms with E-state index in [2.05, 4.69) is 0 Å². The first-order valence-electron chi connectivity index (χ1n) is 5.26. The van der Waals surface area contributed by atoms with Crippen LogP contribution in [0.1, 0.15) is 32.1 Å². The number of hydrogen-bond acceptors (Lipinski definition) is 2. The topological polar surface area (TPSA) is 40.5 Å². The summed E-state index contributed by atoms with van der Waals surface area (Å²) >= 11 is 5.54. The highest BCUT2D eigenvalue weighted by atomic mass is 35.5. The van der Waals surface area contributed by atoms with Crippen LogP contribution >= 0.6 is 11.6 Å². The van der Waals surface area contributed by atoms with E-state index in [1.54, 1.807) is 0 Å². The molecular weight excluding hydrogens is 202 g/mol. The zero-order valence-electron chi connectivity index (χ0n) is 8.41. The molecule has 4 heteroatoms. The van der Waals surface area contributed by atoms with Gasteiger partial charge in [-0.05, 0) is 25.7 Å². The van der Waals surface area contributed by atoms with Crippen LogP contribution in [0.15, 0.2) is 0 Å². The molecule has 0 saturated carbocycles. The second-order valence-electron chi connectivity index (χ2n) is 3.71. The summed E-state index contributed by atoms with van der Waals surface area (Å²) in [6.45, 7) is 0.909. The van der Waals surface area contributed by atoms with Crippen LogP contribution in [-0.4, -0.2) is 41.0 Å². The van der Waals surface area contributed by atoms with Crippen molar-refractivity contribution in [3.05, 3.63) is 0 Å². The van der Waals surface area contributed by atoms with Crippen LogP contribution in [0.3, 0.4) is 0 Å². The zero-order chi connectivity index (χ0) is 10.4. The molecule has 1 aliphatic heterocycles. The van der Waals surface area contributed by atoms with Crippen LogP contribution in [0.25, 0.3) is 0 Å². The fourth-order valence-corrected chi connectivity index (χ4v) is 2.06. The van der Waals surface area contributed by atoms with Crippen molar-refractivity contribution in [1.29, 1.82) is 0 Å². The zero-order valence-corrected chi connectivity index (χ0v) is 9.17. The fraction of sp³-hybridized carbons (Fsp3) is 0.900. The number of aliphatic hydroxyl groups excluding tert-OH is 1. The Balaban J connectivity index is 2.28. The van der Waals surface area contributed by atoms with Gasteiger partial charge in [-0.2, -0.15) is 0 Å². The predicted octanol–water partition coefficient (Wildman–Crippen LogP) is 1.38. The molecule has 1 atom stereocenters. The summed E-state index contributed by atoms with van der Waals surface area (Å²) in [6, 6.07) is 0.0681. The molecule has 1 amide bonds. The van der Waals surface area contributed by atoms with Crippen LogP contribution in [0, 0.1) is 0 Å². The fourth-order valence-electron chi connectivity index (χ4n) is 1.87. The minimum Gasteiger partial charge on any atom is -0.394 e. The first kappa shape index (κ1) is 11.8. The van der Waals surface area contributed by atoms with Crippen LogP contribution in [0.5, 0.6) is 0 Å². The highest BCUT2D eigenvalue weighted by Gasteiger charge is 2.27. The van der Waals surface area contributed by atoms with Gasteiger partial charge < -0.3 is 10.0 Å². The third-order valence-electron chi connectivity index (χ3n) is 2.68. The number of alkyl halides is 1.